The van der Waals surface area contributed by atoms with Crippen LogP contribution in [0.1, 0.15) is 37.8 Å². The number of hydrogen-bond donors (Lipinski definition) is 2. The van der Waals surface area contributed by atoms with Crippen LogP contribution >= 0.6 is 0 Å². The fraction of sp³-hybridized carbons (Fsp3) is 0.571. The monoisotopic (exact) mass is 254 g/mol. The van der Waals surface area contributed by atoms with Gasteiger partial charge in [0.1, 0.15) is 0 Å². The van der Waals surface area contributed by atoms with E-state index in [2.05, 4.69) is 0 Å². The molecule has 2 N–H and O–H groups in total. The van der Waals surface area contributed by atoms with Gasteiger partial charge in [-0.2, -0.15) is 0 Å². The van der Waals surface area contributed by atoms with Gasteiger partial charge in [0.15, 0.2) is 11.5 Å². The van der Waals surface area contributed by atoms with Gasteiger partial charge in [0.05, 0.1) is 13.2 Å². The summed E-state index contributed by atoms with van der Waals surface area (Å²) < 4.78 is 11.1. The third kappa shape index (κ3) is 2.81. The summed E-state index contributed by atoms with van der Waals surface area (Å²) in [6.07, 6.45) is 1.69. The molecule has 0 radical (unpaired) electrons. The molecule has 0 heterocycles. The molecule has 1 aromatic carbocycles. The van der Waals surface area contributed by atoms with Crippen molar-refractivity contribution < 1.29 is 19.7 Å². The van der Waals surface area contributed by atoms with Gasteiger partial charge in [0.25, 0.3) is 0 Å². The van der Waals surface area contributed by atoms with Gasteiger partial charge >= 0.3 is 0 Å². The van der Waals surface area contributed by atoms with Crippen molar-refractivity contribution in [2.75, 3.05) is 13.2 Å². The Labute approximate surface area is 108 Å². The second-order valence-electron chi connectivity index (χ2n) is 4.30. The van der Waals surface area contributed by atoms with E-state index in [1.54, 1.807) is 6.92 Å². The van der Waals surface area contributed by atoms with Crippen LogP contribution in [0, 0.1) is 13.8 Å². The number of rotatable bonds is 6. The van der Waals surface area contributed by atoms with E-state index >= 15 is 0 Å². The molecule has 0 saturated carbocycles. The molecule has 0 fully saturated rings. The molecule has 0 bridgehead atoms. The zero-order valence-corrected chi connectivity index (χ0v) is 11.5. The van der Waals surface area contributed by atoms with Gasteiger partial charge in [0.2, 0.25) is 11.5 Å². The zero-order chi connectivity index (χ0) is 13.7. The summed E-state index contributed by atoms with van der Waals surface area (Å²) in [6, 6.07) is 0. The van der Waals surface area contributed by atoms with E-state index < -0.39 is 0 Å². The first-order valence-electron chi connectivity index (χ1n) is 6.35. The molecule has 0 unspecified atom stereocenters. The molecule has 1 aromatic rings. The Bertz CT molecular complexity index is 374. The lowest BCUT2D eigenvalue weighted by molar-refractivity contribution is 0.252. The Balaban J connectivity index is 3.24. The molecule has 4 nitrogen and oxygen atoms in total. The molecule has 0 aliphatic carbocycles. The summed E-state index contributed by atoms with van der Waals surface area (Å²) in [5.41, 5.74) is 1.41. The van der Waals surface area contributed by atoms with Crippen molar-refractivity contribution in [3.05, 3.63) is 11.1 Å². The van der Waals surface area contributed by atoms with E-state index in [4.69, 9.17) is 9.47 Å². The first kappa shape index (κ1) is 14.5. The van der Waals surface area contributed by atoms with Gasteiger partial charge in [-0.3, -0.25) is 0 Å². The predicted octanol–water partition coefficient (Wildman–Crippen LogP) is 3.29. The smallest absolute Gasteiger partial charge is 0.207 e. The molecule has 0 aromatic heterocycles. The first-order valence-corrected chi connectivity index (χ1v) is 6.35. The second-order valence-corrected chi connectivity index (χ2v) is 4.30. The van der Waals surface area contributed by atoms with Crippen molar-refractivity contribution in [1.82, 2.24) is 0 Å². The first-order chi connectivity index (χ1) is 8.54. The molecule has 4 heteroatoms. The minimum Gasteiger partial charge on any atom is -0.504 e. The van der Waals surface area contributed by atoms with Crippen LogP contribution < -0.4 is 9.47 Å². The van der Waals surface area contributed by atoms with Crippen LogP contribution in [0.5, 0.6) is 23.0 Å². The quantitative estimate of drug-likeness (QED) is 0.765. The number of aromatic hydroxyl groups is 2. The van der Waals surface area contributed by atoms with Gasteiger partial charge in [0, 0.05) is 11.1 Å². The Morgan fingerprint density at radius 2 is 1.28 bits per heavy atom. The minimum absolute atomic E-state index is 0.137. The maximum absolute atomic E-state index is 9.95. The van der Waals surface area contributed by atoms with Crippen LogP contribution in [-0.2, 0) is 0 Å². The zero-order valence-electron chi connectivity index (χ0n) is 11.5. The van der Waals surface area contributed by atoms with E-state index in [0.29, 0.717) is 24.5 Å². The third-order valence-electron chi connectivity index (χ3n) is 2.80. The van der Waals surface area contributed by atoms with Crippen LogP contribution in [0.4, 0.5) is 0 Å². The summed E-state index contributed by atoms with van der Waals surface area (Å²) in [6.45, 7) is 8.59. The molecular formula is C14H22O4. The van der Waals surface area contributed by atoms with Gasteiger partial charge in [-0.05, 0) is 26.7 Å². The molecular weight excluding hydrogens is 232 g/mol. The lowest BCUT2D eigenvalue weighted by atomic mass is 10.1. The van der Waals surface area contributed by atoms with E-state index in [1.807, 2.05) is 20.8 Å². The fourth-order valence-corrected chi connectivity index (χ4v) is 1.63. The van der Waals surface area contributed by atoms with Gasteiger partial charge in [-0.25, -0.2) is 0 Å². The van der Waals surface area contributed by atoms with Crippen molar-refractivity contribution in [2.45, 2.75) is 40.5 Å². The highest BCUT2D eigenvalue weighted by atomic mass is 16.5. The number of benzene rings is 1. The molecule has 0 saturated heterocycles. The highest BCUT2D eigenvalue weighted by Crippen LogP contribution is 2.48. The maximum atomic E-state index is 9.95. The molecule has 102 valence electrons. The van der Waals surface area contributed by atoms with Crippen molar-refractivity contribution in [1.29, 1.82) is 0 Å². The SMILES string of the molecule is CCCOc1c(C)c(C)c(O)c(O)c1OCCC. The minimum atomic E-state index is -0.238. The molecule has 0 atom stereocenters. The number of phenolic OH excluding ortho intramolecular Hbond substituents is 2. The Morgan fingerprint density at radius 3 is 1.78 bits per heavy atom. The van der Waals surface area contributed by atoms with E-state index in [0.717, 1.165) is 18.4 Å². The average Bonchev–Trinajstić information content (AvgIpc) is 2.38. The highest BCUT2D eigenvalue weighted by Gasteiger charge is 2.21. The Hall–Kier alpha value is -1.58. The topological polar surface area (TPSA) is 58.9 Å². The Kier molecular flexibility index (Phi) is 5.13. The van der Waals surface area contributed by atoms with Crippen LogP contribution in [0.2, 0.25) is 0 Å². The second kappa shape index (κ2) is 6.38. The summed E-state index contributed by atoms with van der Waals surface area (Å²) in [5.74, 6) is 0.393. The van der Waals surface area contributed by atoms with Gasteiger partial charge < -0.3 is 19.7 Å². The molecule has 0 aliphatic rings. The van der Waals surface area contributed by atoms with E-state index in [9.17, 15) is 10.2 Å². The predicted molar refractivity (Wildman–Crippen MR) is 70.8 cm³/mol. The van der Waals surface area contributed by atoms with Crippen molar-refractivity contribution in [3.8, 4) is 23.0 Å². The molecule has 0 spiro atoms. The van der Waals surface area contributed by atoms with Crippen molar-refractivity contribution >= 4 is 0 Å². The number of ether oxygens (including phenoxy) is 2. The standard InChI is InChI=1S/C14H22O4/c1-5-7-17-13-10(4)9(3)11(15)12(16)14(13)18-8-6-2/h15-16H,5-8H2,1-4H3. The van der Waals surface area contributed by atoms with E-state index in [1.165, 1.54) is 0 Å². The van der Waals surface area contributed by atoms with Crippen LogP contribution in [0.15, 0.2) is 0 Å². The number of phenols is 2. The lowest BCUT2D eigenvalue weighted by Gasteiger charge is -2.18. The van der Waals surface area contributed by atoms with E-state index in [-0.39, 0.29) is 17.2 Å². The highest BCUT2D eigenvalue weighted by molar-refractivity contribution is 5.65. The lowest BCUT2D eigenvalue weighted by Crippen LogP contribution is -2.04. The molecule has 1 rings (SSSR count). The van der Waals surface area contributed by atoms with Crippen LogP contribution in [-0.4, -0.2) is 23.4 Å². The largest absolute Gasteiger partial charge is 0.504 e. The third-order valence-corrected chi connectivity index (χ3v) is 2.80. The van der Waals surface area contributed by atoms with Gasteiger partial charge in [-0.15, -0.1) is 0 Å². The number of hydrogen-bond acceptors (Lipinski definition) is 4. The molecule has 0 aliphatic heterocycles. The van der Waals surface area contributed by atoms with Gasteiger partial charge in [-0.1, -0.05) is 13.8 Å². The van der Waals surface area contributed by atoms with Crippen molar-refractivity contribution in [2.24, 2.45) is 0 Å². The Morgan fingerprint density at radius 1 is 0.778 bits per heavy atom. The van der Waals surface area contributed by atoms with Crippen LogP contribution in [0.25, 0.3) is 0 Å². The summed E-state index contributed by atoms with van der Waals surface area (Å²) in [4.78, 5) is 0. The summed E-state index contributed by atoms with van der Waals surface area (Å²) in [7, 11) is 0. The average molecular weight is 254 g/mol. The van der Waals surface area contributed by atoms with Crippen molar-refractivity contribution in [3.63, 3.8) is 0 Å². The maximum Gasteiger partial charge on any atom is 0.207 e. The molecule has 18 heavy (non-hydrogen) atoms. The fourth-order valence-electron chi connectivity index (χ4n) is 1.63. The summed E-state index contributed by atoms with van der Waals surface area (Å²) in [5, 5.41) is 19.8. The van der Waals surface area contributed by atoms with Crippen LogP contribution in [0.3, 0.4) is 0 Å². The summed E-state index contributed by atoms with van der Waals surface area (Å²) >= 11 is 0. The normalized spacial score (nSPS) is 10.4. The molecule has 0 amide bonds.